The molecule has 3 aliphatic rings. The van der Waals surface area contributed by atoms with Gasteiger partial charge in [-0.3, -0.25) is 4.90 Å². The lowest BCUT2D eigenvalue weighted by atomic mass is 9.81. The Morgan fingerprint density at radius 3 is 2.57 bits per heavy atom. The van der Waals surface area contributed by atoms with E-state index in [2.05, 4.69) is 29.1 Å². The molecule has 4 heteroatoms. The van der Waals surface area contributed by atoms with E-state index in [0.29, 0.717) is 12.0 Å². The van der Waals surface area contributed by atoms with Crippen molar-refractivity contribution >= 4 is 5.71 Å². The monoisotopic (exact) mass is 197 g/mol. The lowest BCUT2D eigenvalue weighted by molar-refractivity contribution is 0.120. The highest BCUT2D eigenvalue weighted by Crippen LogP contribution is 2.30. The van der Waals surface area contributed by atoms with Crippen molar-refractivity contribution in [2.75, 3.05) is 33.7 Å². The summed E-state index contributed by atoms with van der Waals surface area (Å²) in [7, 11) is 4.14. The zero-order valence-corrected chi connectivity index (χ0v) is 8.98. The fourth-order valence-electron chi connectivity index (χ4n) is 2.67. The summed E-state index contributed by atoms with van der Waals surface area (Å²) < 4.78 is 0. The van der Waals surface area contributed by atoms with Gasteiger partial charge in [-0.05, 0) is 40.0 Å². The Morgan fingerprint density at radius 2 is 2.07 bits per heavy atom. The Kier molecular flexibility index (Phi) is 2.74. The maximum Gasteiger partial charge on any atom is 0.0786 e. The maximum absolute atomic E-state index is 9.04. The second kappa shape index (κ2) is 3.87. The highest BCUT2D eigenvalue weighted by molar-refractivity contribution is 5.92. The molecule has 3 saturated heterocycles. The number of fused-ring (bicyclic) bond motifs is 3. The van der Waals surface area contributed by atoms with E-state index in [1.54, 1.807) is 0 Å². The van der Waals surface area contributed by atoms with Crippen molar-refractivity contribution in [3.05, 3.63) is 0 Å². The Labute approximate surface area is 85.2 Å². The standard InChI is InChI=1S/C10H19N3O/c1-12(2)7-9-10(11-14)8-3-5-13(9)6-4-8/h8-9,14H,3-7H2,1-2H3/b11-10+. The van der Waals surface area contributed by atoms with Crippen LogP contribution in [-0.4, -0.2) is 60.5 Å². The van der Waals surface area contributed by atoms with Crippen LogP contribution in [0.5, 0.6) is 0 Å². The van der Waals surface area contributed by atoms with E-state index in [-0.39, 0.29) is 0 Å². The summed E-state index contributed by atoms with van der Waals surface area (Å²) in [6.45, 7) is 3.31. The number of oxime groups is 1. The first kappa shape index (κ1) is 9.93. The molecule has 14 heavy (non-hydrogen) atoms. The second-order valence-electron chi connectivity index (χ2n) is 4.61. The fraction of sp³-hybridized carbons (Fsp3) is 0.900. The molecule has 0 aliphatic carbocycles. The first-order valence-corrected chi connectivity index (χ1v) is 5.33. The molecule has 0 saturated carbocycles. The Bertz CT molecular complexity index is 232. The minimum absolute atomic E-state index is 0.350. The van der Waals surface area contributed by atoms with Crippen LogP contribution in [0, 0.1) is 5.92 Å². The van der Waals surface area contributed by atoms with Gasteiger partial charge in [0.1, 0.15) is 0 Å². The number of hydrogen-bond donors (Lipinski definition) is 1. The molecule has 0 amide bonds. The molecule has 1 unspecified atom stereocenters. The van der Waals surface area contributed by atoms with Gasteiger partial charge < -0.3 is 10.1 Å². The lowest BCUT2D eigenvalue weighted by Crippen LogP contribution is -2.58. The Balaban J connectivity index is 2.13. The molecule has 3 rings (SSSR count). The van der Waals surface area contributed by atoms with E-state index in [0.717, 1.165) is 12.3 Å². The van der Waals surface area contributed by atoms with Gasteiger partial charge >= 0.3 is 0 Å². The number of hydrogen-bond acceptors (Lipinski definition) is 4. The van der Waals surface area contributed by atoms with Crippen molar-refractivity contribution in [3.8, 4) is 0 Å². The normalized spacial score (nSPS) is 39.6. The van der Waals surface area contributed by atoms with Crippen molar-refractivity contribution in [3.63, 3.8) is 0 Å². The fourth-order valence-corrected chi connectivity index (χ4v) is 2.67. The van der Waals surface area contributed by atoms with Gasteiger partial charge in [0.25, 0.3) is 0 Å². The summed E-state index contributed by atoms with van der Waals surface area (Å²) >= 11 is 0. The lowest BCUT2D eigenvalue weighted by Gasteiger charge is -2.46. The van der Waals surface area contributed by atoms with Crippen LogP contribution in [-0.2, 0) is 0 Å². The third-order valence-electron chi connectivity index (χ3n) is 3.38. The van der Waals surface area contributed by atoms with Gasteiger partial charge in [-0.25, -0.2) is 0 Å². The van der Waals surface area contributed by atoms with E-state index < -0.39 is 0 Å². The van der Waals surface area contributed by atoms with E-state index >= 15 is 0 Å². The van der Waals surface area contributed by atoms with E-state index in [1.165, 1.54) is 25.9 Å². The minimum Gasteiger partial charge on any atom is -0.411 e. The summed E-state index contributed by atoms with van der Waals surface area (Å²) in [6, 6.07) is 0.350. The van der Waals surface area contributed by atoms with E-state index in [1.807, 2.05) is 0 Å². The zero-order chi connectivity index (χ0) is 10.1. The molecule has 4 nitrogen and oxygen atoms in total. The minimum atomic E-state index is 0.350. The largest absolute Gasteiger partial charge is 0.411 e. The molecule has 1 atom stereocenters. The Hall–Kier alpha value is -0.610. The third kappa shape index (κ3) is 1.64. The molecule has 0 radical (unpaired) electrons. The van der Waals surface area contributed by atoms with Gasteiger partial charge in [-0.15, -0.1) is 0 Å². The summed E-state index contributed by atoms with van der Waals surface area (Å²) in [6.07, 6.45) is 2.34. The number of likely N-dealkylation sites (N-methyl/N-ethyl adjacent to an activating group) is 1. The molecular formula is C10H19N3O. The molecule has 0 aromatic rings. The third-order valence-corrected chi connectivity index (χ3v) is 3.38. The second-order valence-corrected chi connectivity index (χ2v) is 4.61. The highest BCUT2D eigenvalue weighted by atomic mass is 16.4. The van der Waals surface area contributed by atoms with Crippen molar-refractivity contribution < 1.29 is 5.21 Å². The molecule has 0 spiro atoms. The van der Waals surface area contributed by atoms with Crippen LogP contribution in [0.1, 0.15) is 12.8 Å². The first-order valence-electron chi connectivity index (χ1n) is 5.33. The molecule has 0 aromatic heterocycles. The van der Waals surface area contributed by atoms with E-state index in [9.17, 15) is 0 Å². The maximum atomic E-state index is 9.04. The Morgan fingerprint density at radius 1 is 1.43 bits per heavy atom. The number of nitrogens with zero attached hydrogens (tertiary/aromatic N) is 3. The first-order chi connectivity index (χ1) is 6.72. The average molecular weight is 197 g/mol. The number of piperidine rings is 3. The van der Waals surface area contributed by atoms with Crippen molar-refractivity contribution in [1.82, 2.24) is 9.80 Å². The van der Waals surface area contributed by atoms with Gasteiger partial charge in [-0.2, -0.15) is 0 Å². The van der Waals surface area contributed by atoms with Crippen LogP contribution < -0.4 is 0 Å². The zero-order valence-electron chi connectivity index (χ0n) is 8.98. The van der Waals surface area contributed by atoms with Crippen molar-refractivity contribution in [2.45, 2.75) is 18.9 Å². The molecule has 3 aliphatic heterocycles. The van der Waals surface area contributed by atoms with Gasteiger partial charge in [0.05, 0.1) is 11.8 Å². The molecule has 2 bridgehead atoms. The van der Waals surface area contributed by atoms with Crippen molar-refractivity contribution in [1.29, 1.82) is 0 Å². The van der Waals surface area contributed by atoms with Crippen LogP contribution in [0.25, 0.3) is 0 Å². The summed E-state index contributed by atoms with van der Waals surface area (Å²) in [5, 5.41) is 12.6. The molecule has 3 fully saturated rings. The van der Waals surface area contributed by atoms with Crippen LogP contribution in [0.2, 0.25) is 0 Å². The summed E-state index contributed by atoms with van der Waals surface area (Å²) in [5.74, 6) is 0.537. The van der Waals surface area contributed by atoms with Gasteiger partial charge in [0, 0.05) is 12.5 Å². The van der Waals surface area contributed by atoms with Gasteiger partial charge in [0.15, 0.2) is 0 Å². The quantitative estimate of drug-likeness (QED) is 0.517. The highest BCUT2D eigenvalue weighted by Gasteiger charge is 2.39. The summed E-state index contributed by atoms with van der Waals surface area (Å²) in [4.78, 5) is 4.60. The van der Waals surface area contributed by atoms with Gasteiger partial charge in [-0.1, -0.05) is 5.16 Å². The molecule has 0 aromatic carbocycles. The molecule has 3 heterocycles. The molecule has 80 valence electrons. The predicted molar refractivity (Wildman–Crippen MR) is 55.9 cm³/mol. The smallest absolute Gasteiger partial charge is 0.0786 e. The SMILES string of the molecule is CN(C)CC1/C(=N/O)C2CCN1CC2. The molecular weight excluding hydrogens is 178 g/mol. The molecule has 1 N–H and O–H groups in total. The predicted octanol–water partition coefficient (Wildman–Crippen LogP) is 0.472. The topological polar surface area (TPSA) is 39.1 Å². The van der Waals surface area contributed by atoms with Crippen LogP contribution >= 0.6 is 0 Å². The van der Waals surface area contributed by atoms with E-state index in [4.69, 9.17) is 5.21 Å². The van der Waals surface area contributed by atoms with Crippen LogP contribution in [0.4, 0.5) is 0 Å². The summed E-state index contributed by atoms with van der Waals surface area (Å²) in [5.41, 5.74) is 1.01. The van der Waals surface area contributed by atoms with Crippen LogP contribution in [0.3, 0.4) is 0 Å². The van der Waals surface area contributed by atoms with Crippen molar-refractivity contribution in [2.24, 2.45) is 11.1 Å². The average Bonchev–Trinajstić information content (AvgIpc) is 2.18. The number of rotatable bonds is 2. The van der Waals surface area contributed by atoms with Gasteiger partial charge in [0.2, 0.25) is 0 Å². The van der Waals surface area contributed by atoms with Crippen LogP contribution in [0.15, 0.2) is 5.16 Å².